The van der Waals surface area contributed by atoms with E-state index < -0.39 is 11.9 Å². The van der Waals surface area contributed by atoms with Crippen LogP contribution in [0.3, 0.4) is 0 Å². The van der Waals surface area contributed by atoms with Gasteiger partial charge in [-0.25, -0.2) is 0 Å². The number of nitroso groups, excluding NO2 is 1. The van der Waals surface area contributed by atoms with Crippen molar-refractivity contribution in [2.45, 2.75) is 19.6 Å². The molecular weight excluding hydrogens is 334 g/mol. The average Bonchev–Trinajstić information content (AvgIpc) is 2.67. The van der Waals surface area contributed by atoms with Gasteiger partial charge in [-0.3, -0.25) is 9.59 Å². The van der Waals surface area contributed by atoms with Crippen molar-refractivity contribution in [1.29, 1.82) is 0 Å². The van der Waals surface area contributed by atoms with Crippen LogP contribution in [0.25, 0.3) is 0 Å². The van der Waals surface area contributed by atoms with Gasteiger partial charge in [0.25, 0.3) is 11.6 Å². The van der Waals surface area contributed by atoms with Crippen molar-refractivity contribution < 1.29 is 19.5 Å². The first-order chi connectivity index (χ1) is 12.6. The molecule has 0 fully saturated rings. The van der Waals surface area contributed by atoms with E-state index in [0.717, 1.165) is 5.56 Å². The number of hydrogen-bond acceptors (Lipinski definition) is 4. The Kier molecular flexibility index (Phi) is 6.99. The molecule has 0 saturated carbocycles. The molecule has 0 aliphatic rings. The highest BCUT2D eigenvalue weighted by atomic mass is 16.5. The molecule has 0 spiro atoms. The second-order valence-electron chi connectivity index (χ2n) is 5.74. The minimum absolute atomic E-state index is 0.00621. The first-order valence-corrected chi connectivity index (χ1v) is 8.18. The Bertz CT molecular complexity index is 778. The zero-order valence-corrected chi connectivity index (χ0v) is 14.7. The molecule has 26 heavy (non-hydrogen) atoms. The molecular formula is C19H22N3O4+. The average molecular weight is 356 g/mol. The van der Waals surface area contributed by atoms with Gasteiger partial charge >= 0.3 is 0 Å². The van der Waals surface area contributed by atoms with Gasteiger partial charge in [-0.05, 0) is 18.6 Å². The number of carbonyl (C=O) groups is 2. The van der Waals surface area contributed by atoms with Crippen LogP contribution in [-0.2, 0) is 16.1 Å². The molecule has 2 rings (SSSR count). The first-order valence-electron chi connectivity index (χ1n) is 8.18. The van der Waals surface area contributed by atoms with Crippen LogP contribution in [0, 0.1) is 11.8 Å². The van der Waals surface area contributed by atoms with Gasteiger partial charge in [0, 0.05) is 22.7 Å². The summed E-state index contributed by atoms with van der Waals surface area (Å²) in [6.07, 6.45) is 0. The van der Waals surface area contributed by atoms with Crippen LogP contribution in [0.1, 0.15) is 21.5 Å². The van der Waals surface area contributed by atoms with Crippen LogP contribution in [0.5, 0.6) is 0 Å². The predicted octanol–water partition coefficient (Wildman–Crippen LogP) is 0.535. The number of amides is 2. The lowest BCUT2D eigenvalue weighted by Crippen LogP contribution is -2.58. The molecule has 7 heteroatoms. The Balaban J connectivity index is 2.05. The van der Waals surface area contributed by atoms with Crippen LogP contribution < -0.4 is 15.8 Å². The van der Waals surface area contributed by atoms with E-state index >= 15 is 0 Å². The number of aryl methyl sites for hydroxylation is 1. The molecule has 0 heterocycles. The number of hydrogen-bond donors (Lipinski definition) is 3. The van der Waals surface area contributed by atoms with Crippen molar-refractivity contribution in [1.82, 2.24) is 10.6 Å². The van der Waals surface area contributed by atoms with Crippen LogP contribution in [-0.4, -0.2) is 31.5 Å². The summed E-state index contributed by atoms with van der Waals surface area (Å²) in [5.74, 6) is -0.903. The fourth-order valence-electron chi connectivity index (χ4n) is 2.45. The van der Waals surface area contributed by atoms with E-state index in [1.165, 1.54) is 13.1 Å². The van der Waals surface area contributed by atoms with Crippen molar-refractivity contribution in [3.05, 3.63) is 70.1 Å². The summed E-state index contributed by atoms with van der Waals surface area (Å²) in [5, 5.41) is 6.90. The fraction of sp³-hybridized carbons (Fsp3) is 0.263. The van der Waals surface area contributed by atoms with Gasteiger partial charge < -0.3 is 15.4 Å². The maximum absolute atomic E-state index is 12.5. The summed E-state index contributed by atoms with van der Waals surface area (Å²) in [4.78, 5) is 35.7. The minimum Gasteiger partial charge on any atom is -0.374 e. The van der Waals surface area contributed by atoms with Crippen LogP contribution >= 0.6 is 0 Å². The molecule has 1 atom stereocenters. The van der Waals surface area contributed by atoms with E-state index in [-0.39, 0.29) is 23.8 Å². The first kappa shape index (κ1) is 19.3. The summed E-state index contributed by atoms with van der Waals surface area (Å²) < 4.78 is 5.57. The van der Waals surface area contributed by atoms with Crippen molar-refractivity contribution in [2.75, 3.05) is 13.7 Å². The number of nitrogens with one attached hydrogen (secondary N) is 3. The lowest BCUT2D eigenvalue weighted by molar-refractivity contribution is -0.380. The van der Waals surface area contributed by atoms with E-state index in [4.69, 9.17) is 4.74 Å². The van der Waals surface area contributed by atoms with E-state index in [0.29, 0.717) is 12.2 Å². The number of likely N-dealkylation sites (N-methyl/N-ethyl adjacent to an activating group) is 1. The second-order valence-corrected chi connectivity index (χ2v) is 5.74. The molecule has 0 aliphatic carbocycles. The van der Waals surface area contributed by atoms with Crippen molar-refractivity contribution in [3.63, 3.8) is 0 Å². The van der Waals surface area contributed by atoms with Gasteiger partial charge in [-0.15, -0.1) is 0 Å². The number of ether oxygens (including phenoxy) is 1. The third kappa shape index (κ3) is 4.97. The van der Waals surface area contributed by atoms with E-state index in [1.807, 2.05) is 30.3 Å². The normalized spacial score (nSPS) is 11.5. The van der Waals surface area contributed by atoms with Gasteiger partial charge in [0.2, 0.25) is 5.91 Å². The zero-order valence-electron chi connectivity index (χ0n) is 14.7. The minimum atomic E-state index is -0.878. The molecule has 1 unspecified atom stereocenters. The standard InChI is InChI=1S/C19H21N3O4/c1-13-7-6-10-15(17(13)22-25)18(23)21-16(19(24)20-2)12-26-11-14-8-4-3-5-9-14/h3-10,16H,11-12H2,1-2H3,(H,20,24)(H,21,23)/p+1. The molecule has 0 radical (unpaired) electrons. The Hall–Kier alpha value is -3.06. The number of carbonyl (C=O) groups excluding carboxylic acids is 2. The SMILES string of the molecule is CNC(=O)C(COCc1ccccc1)NC(=O)c1cccc(C)c1[NH+]=O. The van der Waals surface area contributed by atoms with Gasteiger partial charge in [0.15, 0.2) is 0 Å². The van der Waals surface area contributed by atoms with Crippen LogP contribution in [0.2, 0.25) is 0 Å². The van der Waals surface area contributed by atoms with Gasteiger partial charge in [0.1, 0.15) is 11.6 Å². The summed E-state index contributed by atoms with van der Waals surface area (Å²) in [7, 11) is 1.48. The third-order valence-corrected chi connectivity index (χ3v) is 3.88. The molecule has 2 aromatic rings. The molecule has 0 aliphatic heterocycles. The monoisotopic (exact) mass is 356 g/mol. The summed E-state index contributed by atoms with van der Waals surface area (Å²) in [5.41, 5.74) is 1.97. The predicted molar refractivity (Wildman–Crippen MR) is 96.6 cm³/mol. The molecule has 136 valence electrons. The lowest BCUT2D eigenvalue weighted by Gasteiger charge is -2.17. The van der Waals surface area contributed by atoms with Crippen LogP contribution in [0.4, 0.5) is 5.69 Å². The number of benzene rings is 2. The maximum atomic E-state index is 12.5. The molecule has 2 aromatic carbocycles. The molecule has 3 N–H and O–H groups in total. The molecule has 2 amide bonds. The van der Waals surface area contributed by atoms with E-state index in [2.05, 4.69) is 10.6 Å². The van der Waals surface area contributed by atoms with E-state index in [1.54, 1.807) is 24.2 Å². The van der Waals surface area contributed by atoms with E-state index in [9.17, 15) is 14.5 Å². The van der Waals surface area contributed by atoms with Gasteiger partial charge in [-0.1, -0.05) is 42.5 Å². The van der Waals surface area contributed by atoms with Crippen LogP contribution in [0.15, 0.2) is 48.5 Å². The fourth-order valence-corrected chi connectivity index (χ4v) is 2.45. The Morgan fingerprint density at radius 2 is 1.85 bits per heavy atom. The molecule has 0 bridgehead atoms. The van der Waals surface area contributed by atoms with Crippen molar-refractivity contribution >= 4 is 17.5 Å². The maximum Gasteiger partial charge on any atom is 0.268 e. The Morgan fingerprint density at radius 1 is 1.12 bits per heavy atom. The number of rotatable bonds is 8. The van der Waals surface area contributed by atoms with Gasteiger partial charge in [-0.2, -0.15) is 0 Å². The number of para-hydroxylation sites is 1. The Morgan fingerprint density at radius 3 is 2.50 bits per heavy atom. The highest BCUT2D eigenvalue weighted by Crippen LogP contribution is 2.15. The summed E-state index contributed by atoms with van der Waals surface area (Å²) in [6, 6.07) is 13.5. The quantitative estimate of drug-likeness (QED) is 0.643. The largest absolute Gasteiger partial charge is 0.374 e. The molecule has 7 nitrogen and oxygen atoms in total. The molecule has 0 aromatic heterocycles. The highest BCUT2D eigenvalue weighted by Gasteiger charge is 2.25. The van der Waals surface area contributed by atoms with Gasteiger partial charge in [0.05, 0.1) is 13.2 Å². The second kappa shape index (κ2) is 9.43. The lowest BCUT2D eigenvalue weighted by atomic mass is 10.1. The summed E-state index contributed by atoms with van der Waals surface area (Å²) in [6.45, 7) is 2.05. The zero-order chi connectivity index (χ0) is 18.9. The topological polar surface area (TPSA) is 98.5 Å². The van der Waals surface area contributed by atoms with Crippen molar-refractivity contribution in [2.24, 2.45) is 0 Å². The Labute approximate surface area is 151 Å². The highest BCUT2D eigenvalue weighted by molar-refractivity contribution is 6.00. The summed E-state index contributed by atoms with van der Waals surface area (Å²) >= 11 is 0. The van der Waals surface area contributed by atoms with Crippen molar-refractivity contribution in [3.8, 4) is 0 Å². The molecule has 0 saturated heterocycles. The smallest absolute Gasteiger partial charge is 0.268 e. The third-order valence-electron chi connectivity index (χ3n) is 3.88.